The minimum Gasteiger partial charge on any atom is -0.374 e. The van der Waals surface area contributed by atoms with E-state index in [0.29, 0.717) is 0 Å². The van der Waals surface area contributed by atoms with Crippen molar-refractivity contribution in [3.05, 3.63) is 35.6 Å². The summed E-state index contributed by atoms with van der Waals surface area (Å²) in [4.78, 5) is 0. The third-order valence-corrected chi connectivity index (χ3v) is 1.89. The molecule has 0 saturated heterocycles. The van der Waals surface area contributed by atoms with Crippen LogP contribution in [0, 0.1) is 12.3 Å². The highest BCUT2D eigenvalue weighted by Crippen LogP contribution is 2.12. The Kier molecular flexibility index (Phi) is 2.76. The molecule has 0 bridgehead atoms. The van der Waals surface area contributed by atoms with E-state index in [-0.39, 0.29) is 6.04 Å². The van der Waals surface area contributed by atoms with Crippen LogP contribution in [0.15, 0.2) is 35.6 Å². The molecule has 1 N–H and O–H groups in total. The first-order valence-electron chi connectivity index (χ1n) is 4.01. The Hall–Kier alpha value is -1.42. The molecule has 12 heavy (non-hydrogen) atoms. The number of rotatable bonds is 1. The summed E-state index contributed by atoms with van der Waals surface area (Å²) in [5.41, 5.74) is 2.40. The molecule has 0 spiro atoms. The van der Waals surface area contributed by atoms with Gasteiger partial charge in [-0.1, -0.05) is 23.6 Å². The summed E-state index contributed by atoms with van der Waals surface area (Å²) >= 11 is 0. The van der Waals surface area contributed by atoms with Gasteiger partial charge in [0.25, 0.3) is 0 Å². The third kappa shape index (κ3) is 1.79. The van der Waals surface area contributed by atoms with Crippen LogP contribution in [0.3, 0.4) is 0 Å². The Morgan fingerprint density at radius 2 is 2.50 bits per heavy atom. The van der Waals surface area contributed by atoms with Crippen molar-refractivity contribution in [3.8, 4) is 12.3 Å². The fraction of sp³-hybridized carbons (Fsp3) is 0.273. The average molecular weight is 159 g/mol. The Morgan fingerprint density at radius 1 is 1.75 bits per heavy atom. The van der Waals surface area contributed by atoms with Crippen molar-refractivity contribution in [3.63, 3.8) is 0 Å². The molecular weight excluding hydrogens is 146 g/mol. The van der Waals surface area contributed by atoms with Gasteiger partial charge < -0.3 is 5.32 Å². The van der Waals surface area contributed by atoms with E-state index in [1.54, 1.807) is 0 Å². The van der Waals surface area contributed by atoms with Crippen LogP contribution in [-0.4, -0.2) is 6.04 Å². The first-order valence-corrected chi connectivity index (χ1v) is 4.01. The standard InChI is InChI=1S/C11H13N/c1-4-9(3)8-10-6-7-12-11(10)5-2/h2,4,6-8,11-12H,1,3H3/b9-4-,10-8-. The van der Waals surface area contributed by atoms with E-state index < -0.39 is 0 Å². The molecule has 1 aliphatic heterocycles. The fourth-order valence-corrected chi connectivity index (χ4v) is 1.06. The summed E-state index contributed by atoms with van der Waals surface area (Å²) in [6.45, 7) is 4.08. The first kappa shape index (κ1) is 8.67. The molecule has 1 rings (SSSR count). The van der Waals surface area contributed by atoms with Crippen molar-refractivity contribution in [1.82, 2.24) is 5.32 Å². The zero-order chi connectivity index (χ0) is 8.97. The SMILES string of the molecule is C#CC1NC=C/C1=C/C(C)=C\C. The maximum Gasteiger partial charge on any atom is 0.113 e. The molecule has 0 amide bonds. The molecule has 0 radical (unpaired) electrons. The molecule has 1 heteroatoms. The number of terminal acetylenes is 1. The molecule has 0 aromatic rings. The maximum atomic E-state index is 5.33. The second-order valence-electron chi connectivity index (χ2n) is 2.78. The fourth-order valence-electron chi connectivity index (χ4n) is 1.06. The van der Waals surface area contributed by atoms with Gasteiger partial charge in [-0.2, -0.15) is 0 Å². The summed E-state index contributed by atoms with van der Waals surface area (Å²) in [7, 11) is 0. The third-order valence-electron chi connectivity index (χ3n) is 1.89. The van der Waals surface area contributed by atoms with Crippen molar-refractivity contribution in [2.75, 3.05) is 0 Å². The van der Waals surface area contributed by atoms with E-state index in [4.69, 9.17) is 6.42 Å². The molecule has 0 fully saturated rings. The van der Waals surface area contributed by atoms with Crippen LogP contribution in [0.2, 0.25) is 0 Å². The molecule has 1 aliphatic rings. The maximum absolute atomic E-state index is 5.33. The zero-order valence-corrected chi connectivity index (χ0v) is 7.46. The Morgan fingerprint density at radius 3 is 3.08 bits per heavy atom. The lowest BCUT2D eigenvalue weighted by Gasteiger charge is -2.04. The summed E-state index contributed by atoms with van der Waals surface area (Å²) < 4.78 is 0. The minimum atomic E-state index is 0.0555. The molecule has 62 valence electrons. The lowest BCUT2D eigenvalue weighted by atomic mass is 10.1. The predicted molar refractivity (Wildman–Crippen MR) is 52.4 cm³/mol. The smallest absolute Gasteiger partial charge is 0.113 e. The van der Waals surface area contributed by atoms with E-state index in [2.05, 4.69) is 30.3 Å². The van der Waals surface area contributed by atoms with Gasteiger partial charge in [-0.3, -0.25) is 0 Å². The van der Waals surface area contributed by atoms with Crippen LogP contribution in [-0.2, 0) is 0 Å². The molecule has 0 aromatic carbocycles. The molecule has 1 heterocycles. The Bertz CT molecular complexity index is 287. The van der Waals surface area contributed by atoms with Crippen LogP contribution in [0.4, 0.5) is 0 Å². The van der Waals surface area contributed by atoms with E-state index in [1.807, 2.05) is 19.2 Å². The largest absolute Gasteiger partial charge is 0.374 e. The van der Waals surface area contributed by atoms with Crippen molar-refractivity contribution in [1.29, 1.82) is 0 Å². The van der Waals surface area contributed by atoms with Gasteiger partial charge in [0.1, 0.15) is 6.04 Å². The average Bonchev–Trinajstić information content (AvgIpc) is 2.51. The zero-order valence-electron chi connectivity index (χ0n) is 7.46. The quantitative estimate of drug-likeness (QED) is 0.577. The van der Waals surface area contributed by atoms with Gasteiger partial charge in [0.05, 0.1) is 0 Å². The van der Waals surface area contributed by atoms with Crippen LogP contribution in [0.25, 0.3) is 0 Å². The van der Waals surface area contributed by atoms with E-state index in [1.165, 1.54) is 5.57 Å². The van der Waals surface area contributed by atoms with Gasteiger partial charge in [0, 0.05) is 0 Å². The van der Waals surface area contributed by atoms with Gasteiger partial charge in [0.2, 0.25) is 0 Å². The van der Waals surface area contributed by atoms with E-state index in [9.17, 15) is 0 Å². The summed E-state index contributed by atoms with van der Waals surface area (Å²) in [5, 5.41) is 3.07. The van der Waals surface area contributed by atoms with E-state index in [0.717, 1.165) is 5.57 Å². The molecule has 1 unspecified atom stereocenters. The van der Waals surface area contributed by atoms with Crippen LogP contribution in [0.1, 0.15) is 13.8 Å². The van der Waals surface area contributed by atoms with Crippen LogP contribution >= 0.6 is 0 Å². The second-order valence-corrected chi connectivity index (χ2v) is 2.78. The normalized spacial score (nSPS) is 25.6. The van der Waals surface area contributed by atoms with Gasteiger partial charge in [0.15, 0.2) is 0 Å². The lowest BCUT2D eigenvalue weighted by Crippen LogP contribution is -2.18. The predicted octanol–water partition coefficient (Wildman–Crippen LogP) is 2.00. The molecule has 0 aromatic heterocycles. The van der Waals surface area contributed by atoms with Gasteiger partial charge >= 0.3 is 0 Å². The summed E-state index contributed by atoms with van der Waals surface area (Å²) in [5.74, 6) is 2.67. The highest BCUT2D eigenvalue weighted by molar-refractivity contribution is 5.41. The van der Waals surface area contributed by atoms with Crippen molar-refractivity contribution < 1.29 is 0 Å². The van der Waals surface area contributed by atoms with Crippen LogP contribution in [0.5, 0.6) is 0 Å². The summed E-state index contributed by atoms with van der Waals surface area (Å²) in [6.07, 6.45) is 13.4. The lowest BCUT2D eigenvalue weighted by molar-refractivity contribution is 0.875. The van der Waals surface area contributed by atoms with Crippen molar-refractivity contribution in [2.24, 2.45) is 0 Å². The highest BCUT2D eigenvalue weighted by atomic mass is 14.9. The topological polar surface area (TPSA) is 12.0 Å². The van der Waals surface area contributed by atoms with Crippen molar-refractivity contribution >= 4 is 0 Å². The molecule has 0 saturated carbocycles. The number of allylic oxidation sites excluding steroid dienone is 3. The summed E-state index contributed by atoms with van der Waals surface area (Å²) in [6, 6.07) is 0.0555. The monoisotopic (exact) mass is 159 g/mol. The molecule has 1 nitrogen and oxygen atoms in total. The molecule has 0 aliphatic carbocycles. The van der Waals surface area contributed by atoms with Gasteiger partial charge in [-0.25, -0.2) is 0 Å². The van der Waals surface area contributed by atoms with Crippen molar-refractivity contribution in [2.45, 2.75) is 19.9 Å². The number of hydrogen-bond acceptors (Lipinski definition) is 1. The highest BCUT2D eigenvalue weighted by Gasteiger charge is 2.10. The number of hydrogen-bond donors (Lipinski definition) is 1. The van der Waals surface area contributed by atoms with Gasteiger partial charge in [-0.15, -0.1) is 6.42 Å². The molecule has 1 atom stereocenters. The molecular formula is C11H13N. The minimum absolute atomic E-state index is 0.0555. The van der Waals surface area contributed by atoms with Crippen LogP contribution < -0.4 is 5.32 Å². The van der Waals surface area contributed by atoms with Gasteiger partial charge in [-0.05, 0) is 31.7 Å². The van der Waals surface area contributed by atoms with E-state index >= 15 is 0 Å². The second kappa shape index (κ2) is 3.82. The Balaban J connectivity index is 2.82. The Labute approximate surface area is 73.9 Å². The first-order chi connectivity index (χ1) is 5.77. The number of nitrogens with one attached hydrogen (secondary N) is 1.